The molecule has 0 unspecified atom stereocenters. The molecule has 1 saturated carbocycles. The minimum atomic E-state index is -0.640. The van der Waals surface area contributed by atoms with Gasteiger partial charge in [-0.15, -0.1) is 0 Å². The van der Waals surface area contributed by atoms with Crippen LogP contribution in [0.15, 0.2) is 6.07 Å². The molecule has 0 spiro atoms. The van der Waals surface area contributed by atoms with Crippen molar-refractivity contribution in [1.82, 2.24) is 9.78 Å². The number of carboxylic acids is 1. The van der Waals surface area contributed by atoms with Gasteiger partial charge in [-0.25, -0.2) is 0 Å². The molecule has 0 amide bonds. The summed E-state index contributed by atoms with van der Waals surface area (Å²) < 4.78 is 1.83. The maximum absolute atomic E-state index is 11.8. The van der Waals surface area contributed by atoms with Crippen molar-refractivity contribution in [2.24, 2.45) is 24.3 Å². The molecule has 112 valence electrons. The highest BCUT2D eigenvalue weighted by Crippen LogP contribution is 2.43. The lowest BCUT2D eigenvalue weighted by molar-refractivity contribution is -0.152. The molecule has 1 aliphatic rings. The normalized spacial score (nSPS) is 26.9. The first-order valence-electron chi connectivity index (χ1n) is 7.57. The molecule has 1 aliphatic carbocycles. The van der Waals surface area contributed by atoms with E-state index in [0.717, 1.165) is 37.1 Å². The van der Waals surface area contributed by atoms with Crippen molar-refractivity contribution in [3.8, 4) is 0 Å². The van der Waals surface area contributed by atoms with Crippen molar-refractivity contribution in [3.63, 3.8) is 0 Å². The van der Waals surface area contributed by atoms with Crippen LogP contribution in [0.5, 0.6) is 0 Å². The third-order valence-corrected chi connectivity index (χ3v) is 5.00. The zero-order chi connectivity index (χ0) is 14.9. The molecular weight excluding hydrogens is 252 g/mol. The third-order valence-electron chi connectivity index (χ3n) is 5.00. The maximum Gasteiger partial charge on any atom is 0.310 e. The minimum Gasteiger partial charge on any atom is -0.481 e. The summed E-state index contributed by atoms with van der Waals surface area (Å²) in [6.07, 6.45) is 4.23. The molecule has 0 aromatic carbocycles. The highest BCUT2D eigenvalue weighted by atomic mass is 16.4. The smallest absolute Gasteiger partial charge is 0.310 e. The lowest BCUT2D eigenvalue weighted by Crippen LogP contribution is -2.38. The first kappa shape index (κ1) is 15.1. The Bertz CT molecular complexity index is 483. The number of nitrogens with zero attached hydrogens (tertiary/aromatic N) is 2. The van der Waals surface area contributed by atoms with Crippen LogP contribution >= 0.6 is 0 Å². The number of aromatic nitrogens is 2. The summed E-state index contributed by atoms with van der Waals surface area (Å²) in [6.45, 7) is 6.43. The van der Waals surface area contributed by atoms with Crippen LogP contribution in [0.25, 0.3) is 0 Å². The monoisotopic (exact) mass is 278 g/mol. The van der Waals surface area contributed by atoms with Crippen molar-refractivity contribution >= 4 is 5.97 Å². The van der Waals surface area contributed by atoms with Crippen molar-refractivity contribution in [2.45, 2.75) is 52.9 Å². The fraction of sp³-hybridized carbons (Fsp3) is 0.750. The highest BCUT2D eigenvalue weighted by molar-refractivity contribution is 5.75. The summed E-state index contributed by atoms with van der Waals surface area (Å²) in [5.74, 6) is 0.690. The van der Waals surface area contributed by atoms with Crippen LogP contribution in [0.2, 0.25) is 0 Å². The van der Waals surface area contributed by atoms with E-state index in [1.807, 2.05) is 24.7 Å². The van der Waals surface area contributed by atoms with Crippen LogP contribution < -0.4 is 0 Å². The van der Waals surface area contributed by atoms with E-state index >= 15 is 0 Å². The topological polar surface area (TPSA) is 55.1 Å². The summed E-state index contributed by atoms with van der Waals surface area (Å²) in [5.41, 5.74) is 1.40. The molecule has 1 aromatic heterocycles. The highest BCUT2D eigenvalue weighted by Gasteiger charge is 2.43. The zero-order valence-electron chi connectivity index (χ0n) is 13.0. The molecule has 1 aromatic rings. The Balaban J connectivity index is 2.16. The third kappa shape index (κ3) is 2.89. The first-order valence-corrected chi connectivity index (χ1v) is 7.57. The van der Waals surface area contributed by atoms with Gasteiger partial charge in [-0.3, -0.25) is 9.48 Å². The summed E-state index contributed by atoms with van der Waals surface area (Å²) in [4.78, 5) is 11.8. The van der Waals surface area contributed by atoms with E-state index in [1.54, 1.807) is 0 Å². The predicted octanol–water partition coefficient (Wildman–Crippen LogP) is 3.19. The Morgan fingerprint density at radius 2 is 2.10 bits per heavy atom. The van der Waals surface area contributed by atoms with E-state index in [-0.39, 0.29) is 0 Å². The van der Waals surface area contributed by atoms with E-state index in [4.69, 9.17) is 0 Å². The lowest BCUT2D eigenvalue weighted by atomic mass is 9.66. The van der Waals surface area contributed by atoms with Gasteiger partial charge >= 0.3 is 5.97 Å². The van der Waals surface area contributed by atoms with Crippen molar-refractivity contribution in [2.75, 3.05) is 0 Å². The van der Waals surface area contributed by atoms with Crippen LogP contribution in [-0.2, 0) is 18.3 Å². The number of hydrogen-bond donors (Lipinski definition) is 1. The molecule has 20 heavy (non-hydrogen) atoms. The van der Waals surface area contributed by atoms with Crippen LogP contribution in [-0.4, -0.2) is 20.9 Å². The number of hydrogen-bond acceptors (Lipinski definition) is 2. The number of rotatable bonds is 4. The summed E-state index contributed by atoms with van der Waals surface area (Å²) in [5, 5.41) is 14.1. The number of aryl methyl sites for hydroxylation is 2. The average Bonchev–Trinajstić information content (AvgIpc) is 2.68. The van der Waals surface area contributed by atoms with Crippen LogP contribution in [0.3, 0.4) is 0 Å². The Labute approximate surface area is 121 Å². The van der Waals surface area contributed by atoms with E-state index < -0.39 is 11.4 Å². The molecule has 4 nitrogen and oxygen atoms in total. The van der Waals surface area contributed by atoms with Gasteiger partial charge in [0.05, 0.1) is 11.1 Å². The molecule has 1 heterocycles. The number of carbonyl (C=O) groups is 1. The lowest BCUT2D eigenvalue weighted by Gasteiger charge is -2.38. The van der Waals surface area contributed by atoms with Crippen molar-refractivity contribution in [3.05, 3.63) is 17.5 Å². The Hall–Kier alpha value is -1.32. The summed E-state index contributed by atoms with van der Waals surface area (Å²) in [7, 11) is 1.90. The minimum absolute atomic E-state index is 0.592. The van der Waals surface area contributed by atoms with Gasteiger partial charge in [-0.2, -0.15) is 5.10 Å². The standard InChI is InChI=1S/C16H26N2O2/c1-11(2)13-5-7-16(8-6-13,15(19)20)10-14-9-12(3)17-18(14)4/h9,11,13H,5-8,10H2,1-4H3,(H,19,20). The van der Waals surface area contributed by atoms with Gasteiger partial charge in [0.1, 0.15) is 0 Å². The van der Waals surface area contributed by atoms with Crippen molar-refractivity contribution < 1.29 is 9.90 Å². The Morgan fingerprint density at radius 3 is 2.50 bits per heavy atom. The molecular formula is C16H26N2O2. The molecule has 0 bridgehead atoms. The molecule has 2 rings (SSSR count). The number of carboxylic acid groups (broad SMARTS) is 1. The van der Waals surface area contributed by atoms with Gasteiger partial charge in [0.15, 0.2) is 0 Å². The van der Waals surface area contributed by atoms with Gasteiger partial charge in [0.25, 0.3) is 0 Å². The molecule has 0 aliphatic heterocycles. The van der Waals surface area contributed by atoms with Crippen molar-refractivity contribution in [1.29, 1.82) is 0 Å². The SMILES string of the molecule is Cc1cc(CC2(C(=O)O)CCC(C(C)C)CC2)n(C)n1. The van der Waals surface area contributed by atoms with Gasteiger partial charge < -0.3 is 5.11 Å². The van der Waals surface area contributed by atoms with E-state index in [9.17, 15) is 9.90 Å². The first-order chi connectivity index (χ1) is 9.34. The molecule has 0 atom stereocenters. The maximum atomic E-state index is 11.8. The van der Waals surface area contributed by atoms with E-state index in [0.29, 0.717) is 18.3 Å². The fourth-order valence-corrected chi connectivity index (χ4v) is 3.50. The second-order valence-electron chi connectivity index (χ2n) is 6.74. The largest absolute Gasteiger partial charge is 0.481 e. The zero-order valence-corrected chi connectivity index (χ0v) is 13.0. The van der Waals surface area contributed by atoms with E-state index in [1.165, 1.54) is 0 Å². The van der Waals surface area contributed by atoms with Crippen LogP contribution in [0.4, 0.5) is 0 Å². The van der Waals surface area contributed by atoms with Gasteiger partial charge in [0, 0.05) is 19.2 Å². The second-order valence-corrected chi connectivity index (χ2v) is 6.74. The average molecular weight is 278 g/mol. The molecule has 0 saturated heterocycles. The predicted molar refractivity (Wildman–Crippen MR) is 78.5 cm³/mol. The molecule has 4 heteroatoms. The van der Waals surface area contributed by atoms with Gasteiger partial charge in [-0.05, 0) is 50.5 Å². The van der Waals surface area contributed by atoms with Gasteiger partial charge in [-0.1, -0.05) is 13.8 Å². The Morgan fingerprint density at radius 1 is 1.50 bits per heavy atom. The van der Waals surface area contributed by atoms with Crippen LogP contribution in [0, 0.1) is 24.2 Å². The molecule has 1 N–H and O–H groups in total. The molecule has 1 fully saturated rings. The van der Waals surface area contributed by atoms with Gasteiger partial charge in [0.2, 0.25) is 0 Å². The number of aliphatic carboxylic acids is 1. The summed E-state index contributed by atoms with van der Waals surface area (Å²) in [6, 6.07) is 2.01. The fourth-order valence-electron chi connectivity index (χ4n) is 3.50. The van der Waals surface area contributed by atoms with Crippen LogP contribution in [0.1, 0.15) is 50.9 Å². The second kappa shape index (κ2) is 5.58. The summed E-state index contributed by atoms with van der Waals surface area (Å²) >= 11 is 0. The Kier molecular flexibility index (Phi) is 4.21. The molecule has 0 radical (unpaired) electrons. The quantitative estimate of drug-likeness (QED) is 0.920. The van der Waals surface area contributed by atoms with E-state index in [2.05, 4.69) is 18.9 Å².